The zero-order valence-corrected chi connectivity index (χ0v) is 17.8. The topological polar surface area (TPSA) is 117 Å². The number of aliphatic hydroxyl groups is 1. The van der Waals surface area contributed by atoms with Gasteiger partial charge in [0.2, 0.25) is 5.91 Å². The van der Waals surface area contributed by atoms with Gasteiger partial charge in [-0.3, -0.25) is 9.69 Å². The summed E-state index contributed by atoms with van der Waals surface area (Å²) in [6.07, 6.45) is -1.98. The number of hydrogen-bond acceptors (Lipinski definition) is 6. The van der Waals surface area contributed by atoms with E-state index < -0.39 is 48.2 Å². The molecule has 1 aliphatic heterocycles. The van der Waals surface area contributed by atoms with Gasteiger partial charge in [0.15, 0.2) is 6.04 Å². The molecule has 1 aromatic carbocycles. The molecule has 0 aliphatic carbocycles. The number of esters is 1. The summed E-state index contributed by atoms with van der Waals surface area (Å²) in [5.41, 5.74) is 0.173. The van der Waals surface area contributed by atoms with E-state index in [1.165, 1.54) is 12.0 Å². The van der Waals surface area contributed by atoms with Crippen LogP contribution in [0.5, 0.6) is 0 Å². The van der Waals surface area contributed by atoms with Crippen molar-refractivity contribution < 1.29 is 34.1 Å². The minimum atomic E-state index is -1.28. The van der Waals surface area contributed by atoms with Crippen LogP contribution < -0.4 is 0 Å². The van der Waals surface area contributed by atoms with Crippen molar-refractivity contribution in [2.24, 2.45) is 5.41 Å². The number of carbonyl (C=O) groups is 3. The van der Waals surface area contributed by atoms with Crippen molar-refractivity contribution in [3.8, 4) is 0 Å². The Hall–Kier alpha value is -2.65. The molecule has 1 unspecified atom stereocenters. The zero-order chi connectivity index (χ0) is 22.5. The third-order valence-electron chi connectivity index (χ3n) is 5.11. The van der Waals surface area contributed by atoms with Crippen LogP contribution >= 0.6 is 0 Å². The van der Waals surface area contributed by atoms with Crippen LogP contribution in [0.1, 0.15) is 26.3 Å². The van der Waals surface area contributed by atoms with Crippen LogP contribution in [0.15, 0.2) is 30.3 Å². The molecule has 9 heteroatoms. The Morgan fingerprint density at radius 2 is 1.90 bits per heavy atom. The number of methoxy groups -OCH3 is 1. The number of aliphatic hydroxyl groups excluding tert-OH is 1. The first-order chi connectivity index (χ1) is 14.1. The van der Waals surface area contributed by atoms with Crippen LogP contribution in [-0.2, 0) is 25.6 Å². The number of carbonyl (C=O) groups excluding carboxylic acids is 2. The highest BCUT2D eigenvalue weighted by Gasteiger charge is 2.48. The molecule has 0 aromatic heterocycles. The lowest BCUT2D eigenvalue weighted by Crippen LogP contribution is -2.65. The fourth-order valence-electron chi connectivity index (χ4n) is 3.60. The number of nitrogens with zero attached hydrogens (tertiary/aromatic N) is 2. The molecule has 1 saturated heterocycles. The lowest BCUT2D eigenvalue weighted by Gasteiger charge is -2.46. The van der Waals surface area contributed by atoms with Gasteiger partial charge < -0.3 is 24.6 Å². The molecule has 3 atom stereocenters. The number of ether oxygens (including phenoxy) is 2. The molecular weight excluding hydrogens is 392 g/mol. The van der Waals surface area contributed by atoms with Gasteiger partial charge in [-0.15, -0.1) is 0 Å². The predicted octanol–water partition coefficient (Wildman–Crippen LogP) is 1.34. The molecule has 0 spiro atoms. The van der Waals surface area contributed by atoms with Gasteiger partial charge in [0, 0.05) is 13.1 Å². The van der Waals surface area contributed by atoms with Gasteiger partial charge in [0.1, 0.15) is 6.04 Å². The lowest BCUT2D eigenvalue weighted by molar-refractivity contribution is -0.168. The second-order valence-corrected chi connectivity index (χ2v) is 8.25. The Morgan fingerprint density at radius 3 is 2.40 bits per heavy atom. The Labute approximate surface area is 176 Å². The molecule has 1 aliphatic rings. The van der Waals surface area contributed by atoms with Gasteiger partial charge in [0.05, 0.1) is 26.4 Å². The summed E-state index contributed by atoms with van der Waals surface area (Å²) in [5, 5.41) is 19.6. The highest BCUT2D eigenvalue weighted by Crippen LogP contribution is 2.32. The molecule has 0 saturated carbocycles. The molecule has 0 bridgehead atoms. The van der Waals surface area contributed by atoms with E-state index in [2.05, 4.69) is 0 Å². The van der Waals surface area contributed by atoms with Gasteiger partial charge in [-0.05, 0) is 11.0 Å². The highest BCUT2D eigenvalue weighted by atomic mass is 16.5. The maximum Gasteiger partial charge on any atom is 0.408 e. The SMILES string of the molecule is COC(=O)[C@@H](CO)N(Cc1ccccc1)C(=O)[C@H]1C(C(C)(C)C)OCCN1C(=O)O. The number of rotatable bonds is 6. The number of amides is 2. The van der Waals surface area contributed by atoms with Crippen LogP contribution in [0.25, 0.3) is 0 Å². The summed E-state index contributed by atoms with van der Waals surface area (Å²) in [4.78, 5) is 40.2. The molecule has 1 heterocycles. The molecule has 1 aromatic rings. The first-order valence-electron chi connectivity index (χ1n) is 9.76. The molecule has 9 nitrogen and oxygen atoms in total. The maximum atomic E-state index is 13.7. The number of carboxylic acid groups (broad SMARTS) is 1. The predicted molar refractivity (Wildman–Crippen MR) is 108 cm³/mol. The lowest BCUT2D eigenvalue weighted by atomic mass is 9.82. The van der Waals surface area contributed by atoms with Gasteiger partial charge >= 0.3 is 12.1 Å². The summed E-state index contributed by atoms with van der Waals surface area (Å²) >= 11 is 0. The van der Waals surface area contributed by atoms with Crippen LogP contribution in [0, 0.1) is 5.41 Å². The highest BCUT2D eigenvalue weighted by molar-refractivity contribution is 5.90. The van der Waals surface area contributed by atoms with E-state index in [1.807, 2.05) is 26.8 Å². The Bertz CT molecular complexity index is 747. The van der Waals surface area contributed by atoms with Crippen molar-refractivity contribution in [3.63, 3.8) is 0 Å². The summed E-state index contributed by atoms with van der Waals surface area (Å²) in [7, 11) is 1.17. The Balaban J connectivity index is 2.51. The average molecular weight is 422 g/mol. The smallest absolute Gasteiger partial charge is 0.408 e. The molecule has 2 amide bonds. The number of morpholine rings is 1. The first-order valence-corrected chi connectivity index (χ1v) is 9.76. The molecule has 2 rings (SSSR count). The summed E-state index contributed by atoms with van der Waals surface area (Å²) in [5.74, 6) is -1.40. The van der Waals surface area contributed by atoms with Crippen LogP contribution in [0.2, 0.25) is 0 Å². The second kappa shape index (κ2) is 9.90. The largest absolute Gasteiger partial charge is 0.467 e. The van der Waals surface area contributed by atoms with E-state index >= 15 is 0 Å². The molecule has 0 radical (unpaired) electrons. The molecular formula is C21H30N2O7. The first kappa shape index (κ1) is 23.6. The van der Waals surface area contributed by atoms with Gasteiger partial charge in [-0.1, -0.05) is 51.1 Å². The van der Waals surface area contributed by atoms with Crippen molar-refractivity contribution >= 4 is 18.0 Å². The summed E-state index contributed by atoms with van der Waals surface area (Å²) in [6, 6.07) is 6.50. The second-order valence-electron chi connectivity index (χ2n) is 8.25. The average Bonchev–Trinajstić information content (AvgIpc) is 2.72. The third kappa shape index (κ3) is 5.28. The zero-order valence-electron chi connectivity index (χ0n) is 17.8. The van der Waals surface area contributed by atoms with E-state index in [-0.39, 0.29) is 19.7 Å². The minimum Gasteiger partial charge on any atom is -0.467 e. The van der Waals surface area contributed by atoms with Crippen LogP contribution in [0.4, 0.5) is 4.79 Å². The minimum absolute atomic E-state index is 0.000815. The van der Waals surface area contributed by atoms with Crippen molar-refractivity contribution in [1.29, 1.82) is 0 Å². The van der Waals surface area contributed by atoms with Crippen molar-refractivity contribution in [1.82, 2.24) is 9.80 Å². The molecule has 2 N–H and O–H groups in total. The normalized spacial score (nSPS) is 20.4. The van der Waals surface area contributed by atoms with E-state index in [0.717, 1.165) is 10.5 Å². The molecule has 30 heavy (non-hydrogen) atoms. The van der Waals surface area contributed by atoms with Crippen molar-refractivity contribution in [2.75, 3.05) is 26.9 Å². The Kier molecular flexibility index (Phi) is 7.80. The van der Waals surface area contributed by atoms with E-state index in [1.54, 1.807) is 24.3 Å². The van der Waals surface area contributed by atoms with Crippen LogP contribution in [0.3, 0.4) is 0 Å². The standard InChI is InChI=1S/C21H30N2O7/c1-21(2,3)17-16(22(20(27)28)10-11-30-17)18(25)23(15(13-24)19(26)29-4)12-14-8-6-5-7-9-14/h5-9,15-17,24H,10-13H2,1-4H3,(H,27,28)/t15-,16-,17?/m1/s1. The van der Waals surface area contributed by atoms with Gasteiger partial charge in [-0.2, -0.15) is 0 Å². The van der Waals surface area contributed by atoms with Crippen molar-refractivity contribution in [2.45, 2.75) is 45.5 Å². The fraction of sp³-hybridized carbons (Fsp3) is 0.571. The molecule has 166 valence electrons. The summed E-state index contributed by atoms with van der Waals surface area (Å²) in [6.45, 7) is 5.10. The molecule has 1 fully saturated rings. The Morgan fingerprint density at radius 1 is 1.27 bits per heavy atom. The van der Waals surface area contributed by atoms with Crippen molar-refractivity contribution in [3.05, 3.63) is 35.9 Å². The quantitative estimate of drug-likeness (QED) is 0.665. The van der Waals surface area contributed by atoms with E-state index in [9.17, 15) is 24.6 Å². The summed E-state index contributed by atoms with van der Waals surface area (Å²) < 4.78 is 10.6. The third-order valence-corrected chi connectivity index (χ3v) is 5.11. The van der Waals surface area contributed by atoms with E-state index in [4.69, 9.17) is 9.47 Å². The van der Waals surface area contributed by atoms with E-state index in [0.29, 0.717) is 0 Å². The monoisotopic (exact) mass is 422 g/mol. The maximum absolute atomic E-state index is 13.7. The van der Waals surface area contributed by atoms with Gasteiger partial charge in [-0.25, -0.2) is 9.59 Å². The number of hydrogen-bond donors (Lipinski definition) is 2. The number of benzene rings is 1. The fourth-order valence-corrected chi connectivity index (χ4v) is 3.60. The van der Waals surface area contributed by atoms with Gasteiger partial charge in [0.25, 0.3) is 0 Å². The van der Waals surface area contributed by atoms with Crippen LogP contribution in [-0.4, -0.2) is 83.0 Å².